The molecule has 1 rings (SSSR count). The maximum Gasteiger partial charge on any atom is 0.451 e. The molecule has 6 N–H and O–H groups in total. The van der Waals surface area contributed by atoms with Crippen molar-refractivity contribution in [3.05, 3.63) is 0 Å². The highest BCUT2D eigenvalue weighted by Gasteiger charge is 2.34. The fourth-order valence-corrected chi connectivity index (χ4v) is 2.92. The number of nitrogens with two attached hydrogens (primary N) is 1. The number of nitrogens with zero attached hydrogens (tertiary/aromatic N) is 1. The van der Waals surface area contributed by atoms with Gasteiger partial charge in [0.1, 0.15) is 5.54 Å². The standard InChI is InChI=1S/C14H27BN2O6/c16-14(13(20)21,5-1-2-7-15(22)23)6-9-17-8-3-4-11(10-17)12(18)19/h11,22-23H,1-10,16H2,(H,18,19)(H,20,21). The molecule has 0 saturated carbocycles. The van der Waals surface area contributed by atoms with Gasteiger partial charge in [-0.05, 0) is 38.5 Å². The molecule has 0 aliphatic carbocycles. The predicted octanol–water partition coefficient (Wildman–Crippen LogP) is -0.402. The Balaban J connectivity index is 2.45. The molecule has 0 aromatic rings. The van der Waals surface area contributed by atoms with Crippen molar-refractivity contribution in [2.24, 2.45) is 11.7 Å². The Hall–Kier alpha value is -1.16. The van der Waals surface area contributed by atoms with Gasteiger partial charge >= 0.3 is 19.1 Å². The van der Waals surface area contributed by atoms with E-state index in [9.17, 15) is 14.7 Å². The zero-order chi connectivity index (χ0) is 17.5. The summed E-state index contributed by atoms with van der Waals surface area (Å²) in [4.78, 5) is 24.5. The number of carbonyl (C=O) groups is 2. The molecule has 1 fully saturated rings. The lowest BCUT2D eigenvalue weighted by Gasteiger charge is -2.33. The van der Waals surface area contributed by atoms with Crippen molar-refractivity contribution in [2.75, 3.05) is 19.6 Å². The summed E-state index contributed by atoms with van der Waals surface area (Å²) in [6.07, 6.45) is 3.13. The molecule has 1 aliphatic heterocycles. The fraction of sp³-hybridized carbons (Fsp3) is 0.857. The summed E-state index contributed by atoms with van der Waals surface area (Å²) in [6.45, 7) is 1.65. The minimum absolute atomic E-state index is 0.197. The molecular formula is C14H27BN2O6. The number of likely N-dealkylation sites (tertiary alicyclic amines) is 1. The molecule has 1 saturated heterocycles. The van der Waals surface area contributed by atoms with Crippen molar-refractivity contribution in [1.82, 2.24) is 4.90 Å². The van der Waals surface area contributed by atoms with E-state index in [0.29, 0.717) is 32.4 Å². The molecule has 23 heavy (non-hydrogen) atoms. The van der Waals surface area contributed by atoms with Gasteiger partial charge in [-0.2, -0.15) is 0 Å². The van der Waals surface area contributed by atoms with Gasteiger partial charge in [0.15, 0.2) is 0 Å². The SMILES string of the molecule is NC(CCCCB(O)O)(CCN1CCCC(C(=O)O)C1)C(=O)O. The van der Waals surface area contributed by atoms with Crippen molar-refractivity contribution in [3.63, 3.8) is 0 Å². The molecule has 8 nitrogen and oxygen atoms in total. The molecule has 132 valence electrons. The van der Waals surface area contributed by atoms with Crippen LogP contribution in [0.25, 0.3) is 0 Å². The van der Waals surface area contributed by atoms with Crippen molar-refractivity contribution in [2.45, 2.75) is 50.4 Å². The normalized spacial score (nSPS) is 21.6. The summed E-state index contributed by atoms with van der Waals surface area (Å²) in [5.41, 5.74) is 4.64. The number of rotatable bonds is 10. The van der Waals surface area contributed by atoms with Crippen LogP contribution in [0.5, 0.6) is 0 Å². The van der Waals surface area contributed by atoms with E-state index >= 15 is 0 Å². The van der Waals surface area contributed by atoms with Crippen LogP contribution < -0.4 is 5.73 Å². The number of aliphatic carboxylic acids is 2. The van der Waals surface area contributed by atoms with E-state index in [0.717, 1.165) is 13.0 Å². The Bertz CT molecular complexity index is 409. The van der Waals surface area contributed by atoms with Gasteiger partial charge in [0, 0.05) is 13.1 Å². The minimum Gasteiger partial charge on any atom is -0.481 e. The Morgan fingerprint density at radius 1 is 1.22 bits per heavy atom. The highest BCUT2D eigenvalue weighted by molar-refractivity contribution is 6.40. The lowest BCUT2D eigenvalue weighted by molar-refractivity contribution is -0.146. The van der Waals surface area contributed by atoms with Crippen LogP contribution in [-0.2, 0) is 9.59 Å². The van der Waals surface area contributed by atoms with Gasteiger partial charge < -0.3 is 30.9 Å². The Kier molecular flexibility index (Phi) is 7.97. The molecule has 2 unspecified atom stereocenters. The first-order chi connectivity index (χ1) is 10.7. The molecule has 2 atom stereocenters. The zero-order valence-corrected chi connectivity index (χ0v) is 13.4. The third-order valence-corrected chi connectivity index (χ3v) is 4.49. The molecule has 0 bridgehead atoms. The first-order valence-corrected chi connectivity index (χ1v) is 8.08. The van der Waals surface area contributed by atoms with Gasteiger partial charge in [0.05, 0.1) is 5.92 Å². The third kappa shape index (κ3) is 6.86. The highest BCUT2D eigenvalue weighted by Crippen LogP contribution is 2.21. The summed E-state index contributed by atoms with van der Waals surface area (Å²) < 4.78 is 0. The number of hydrogen-bond donors (Lipinski definition) is 5. The summed E-state index contributed by atoms with van der Waals surface area (Å²) in [7, 11) is -1.38. The topological polar surface area (TPSA) is 144 Å². The van der Waals surface area contributed by atoms with E-state index in [2.05, 4.69) is 0 Å². The summed E-state index contributed by atoms with van der Waals surface area (Å²) in [5.74, 6) is -2.28. The average Bonchev–Trinajstić information content (AvgIpc) is 2.49. The largest absolute Gasteiger partial charge is 0.481 e. The van der Waals surface area contributed by atoms with Gasteiger partial charge in [0.2, 0.25) is 0 Å². The van der Waals surface area contributed by atoms with E-state index in [1.807, 2.05) is 4.90 Å². The molecule has 0 aromatic carbocycles. The van der Waals surface area contributed by atoms with Crippen LogP contribution in [0.3, 0.4) is 0 Å². The molecule has 1 heterocycles. The van der Waals surface area contributed by atoms with Crippen molar-refractivity contribution in [1.29, 1.82) is 0 Å². The van der Waals surface area contributed by atoms with Crippen LogP contribution in [0.15, 0.2) is 0 Å². The number of carboxylic acid groups (broad SMARTS) is 2. The molecular weight excluding hydrogens is 303 g/mol. The van der Waals surface area contributed by atoms with Gasteiger partial charge in [-0.15, -0.1) is 0 Å². The lowest BCUT2D eigenvalue weighted by atomic mass is 9.81. The Morgan fingerprint density at radius 2 is 1.91 bits per heavy atom. The molecule has 0 amide bonds. The quantitative estimate of drug-likeness (QED) is 0.269. The van der Waals surface area contributed by atoms with Crippen LogP contribution in [-0.4, -0.2) is 69.4 Å². The van der Waals surface area contributed by atoms with Gasteiger partial charge in [-0.1, -0.05) is 12.8 Å². The molecule has 9 heteroatoms. The lowest BCUT2D eigenvalue weighted by Crippen LogP contribution is -2.51. The number of unbranched alkanes of at least 4 members (excludes halogenated alkanes) is 1. The minimum atomic E-state index is -1.38. The van der Waals surface area contributed by atoms with Crippen LogP contribution in [0.2, 0.25) is 6.32 Å². The number of piperidine rings is 1. The average molecular weight is 330 g/mol. The summed E-state index contributed by atoms with van der Waals surface area (Å²) in [5, 5.41) is 36.0. The summed E-state index contributed by atoms with van der Waals surface area (Å²) in [6, 6.07) is 0. The smallest absolute Gasteiger partial charge is 0.451 e. The van der Waals surface area contributed by atoms with Gasteiger partial charge in [-0.3, -0.25) is 9.59 Å². The van der Waals surface area contributed by atoms with Crippen molar-refractivity contribution >= 4 is 19.1 Å². The maximum atomic E-state index is 11.5. The Morgan fingerprint density at radius 3 is 2.48 bits per heavy atom. The van der Waals surface area contributed by atoms with Crippen LogP contribution in [0, 0.1) is 5.92 Å². The third-order valence-electron chi connectivity index (χ3n) is 4.49. The van der Waals surface area contributed by atoms with E-state index in [1.165, 1.54) is 0 Å². The summed E-state index contributed by atoms with van der Waals surface area (Å²) >= 11 is 0. The second kappa shape index (κ2) is 9.22. The number of hydrogen-bond acceptors (Lipinski definition) is 6. The van der Waals surface area contributed by atoms with Crippen molar-refractivity contribution < 1.29 is 29.9 Å². The van der Waals surface area contributed by atoms with Gasteiger partial charge in [0.25, 0.3) is 0 Å². The first-order valence-electron chi connectivity index (χ1n) is 8.08. The zero-order valence-electron chi connectivity index (χ0n) is 13.4. The molecule has 0 radical (unpaired) electrons. The van der Waals surface area contributed by atoms with E-state index in [-0.39, 0.29) is 19.2 Å². The predicted molar refractivity (Wildman–Crippen MR) is 84.8 cm³/mol. The maximum absolute atomic E-state index is 11.5. The second-order valence-corrected chi connectivity index (χ2v) is 6.42. The van der Waals surface area contributed by atoms with Crippen molar-refractivity contribution in [3.8, 4) is 0 Å². The van der Waals surface area contributed by atoms with Gasteiger partial charge in [-0.25, -0.2) is 0 Å². The number of carboxylic acids is 2. The Labute approximate surface area is 136 Å². The molecule has 0 aromatic heterocycles. The monoisotopic (exact) mass is 330 g/mol. The van der Waals surface area contributed by atoms with Crippen LogP contribution >= 0.6 is 0 Å². The molecule has 1 aliphatic rings. The van der Waals surface area contributed by atoms with E-state index in [4.69, 9.17) is 20.9 Å². The highest BCUT2D eigenvalue weighted by atomic mass is 16.4. The van der Waals surface area contributed by atoms with Crippen LogP contribution in [0.1, 0.15) is 38.5 Å². The van der Waals surface area contributed by atoms with Crippen LogP contribution in [0.4, 0.5) is 0 Å². The molecule has 0 spiro atoms. The fourth-order valence-electron chi connectivity index (χ4n) is 2.92. The van der Waals surface area contributed by atoms with E-state index in [1.54, 1.807) is 0 Å². The van der Waals surface area contributed by atoms with E-state index < -0.39 is 30.5 Å². The first kappa shape index (κ1) is 19.9. The second-order valence-electron chi connectivity index (χ2n) is 6.42.